The fourth-order valence-electron chi connectivity index (χ4n) is 1.46. The Morgan fingerprint density at radius 1 is 1.19 bits per heavy atom. The van der Waals surface area contributed by atoms with Gasteiger partial charge in [0.25, 0.3) is 0 Å². The van der Waals surface area contributed by atoms with E-state index in [-0.39, 0.29) is 24.1 Å². The van der Waals surface area contributed by atoms with Crippen LogP contribution < -0.4 is 16.0 Å². The molecule has 0 radical (unpaired) electrons. The maximum absolute atomic E-state index is 12.6. The molecule has 9 heteroatoms. The number of aliphatic hydroxyl groups is 1. The van der Waals surface area contributed by atoms with Crippen molar-refractivity contribution in [1.82, 2.24) is 9.97 Å². The van der Waals surface area contributed by atoms with Crippen molar-refractivity contribution in [2.75, 3.05) is 5.43 Å². The van der Waals surface area contributed by atoms with E-state index in [2.05, 4.69) is 9.97 Å². The van der Waals surface area contributed by atoms with Crippen LogP contribution in [-0.4, -0.2) is 15.1 Å². The second-order valence-electron chi connectivity index (χ2n) is 3.96. The summed E-state index contributed by atoms with van der Waals surface area (Å²) >= 11 is 0. The van der Waals surface area contributed by atoms with E-state index in [0.717, 1.165) is 6.07 Å². The molecule has 0 saturated heterocycles. The van der Waals surface area contributed by atoms with Gasteiger partial charge in [-0.05, 0) is 17.7 Å². The summed E-state index contributed by atoms with van der Waals surface area (Å²) in [6, 6.07) is 7.27. The Hall–Kier alpha value is -2.39. The number of aliphatic hydroxyl groups excluding tert-OH is 1. The highest BCUT2D eigenvalue weighted by molar-refractivity contribution is 5.39. The average molecular weight is 300 g/mol. The second kappa shape index (κ2) is 5.94. The Morgan fingerprint density at radius 3 is 2.38 bits per heavy atom. The number of nitrogens with two attached hydrogens (primary N) is 1. The summed E-state index contributed by atoms with van der Waals surface area (Å²) in [6.07, 6.45) is -4.72. The van der Waals surface area contributed by atoms with Crippen LogP contribution in [0.25, 0.3) is 0 Å². The first kappa shape index (κ1) is 15.0. The summed E-state index contributed by atoms with van der Waals surface area (Å²) in [5.74, 6) is 3.45. The predicted molar refractivity (Wildman–Crippen MR) is 67.3 cm³/mol. The summed E-state index contributed by atoms with van der Waals surface area (Å²) in [5.41, 5.74) is 2.66. The van der Waals surface area contributed by atoms with Gasteiger partial charge in [0.05, 0.1) is 6.61 Å². The third-order valence-electron chi connectivity index (χ3n) is 2.43. The Morgan fingerprint density at radius 2 is 1.86 bits per heavy atom. The number of aromatic nitrogens is 2. The number of anilines is 1. The smallest absolute Gasteiger partial charge is 0.439 e. The maximum atomic E-state index is 12.6. The van der Waals surface area contributed by atoms with Gasteiger partial charge < -0.3 is 15.3 Å². The van der Waals surface area contributed by atoms with Crippen LogP contribution in [0.4, 0.5) is 19.0 Å². The molecule has 0 saturated carbocycles. The molecule has 1 aromatic heterocycles. The van der Waals surface area contributed by atoms with Gasteiger partial charge in [-0.3, -0.25) is 0 Å². The molecular weight excluding hydrogens is 289 g/mol. The van der Waals surface area contributed by atoms with Crippen molar-refractivity contribution in [3.63, 3.8) is 0 Å². The summed E-state index contributed by atoms with van der Waals surface area (Å²) in [7, 11) is 0. The molecule has 0 aliphatic carbocycles. The third kappa shape index (κ3) is 3.80. The van der Waals surface area contributed by atoms with Crippen LogP contribution in [-0.2, 0) is 12.8 Å². The average Bonchev–Trinajstić information content (AvgIpc) is 2.46. The fourth-order valence-corrected chi connectivity index (χ4v) is 1.46. The van der Waals surface area contributed by atoms with E-state index in [1.807, 2.05) is 5.43 Å². The van der Waals surface area contributed by atoms with E-state index >= 15 is 0 Å². The van der Waals surface area contributed by atoms with Crippen LogP contribution >= 0.6 is 0 Å². The van der Waals surface area contributed by atoms with Gasteiger partial charge in [0.15, 0.2) is 0 Å². The van der Waals surface area contributed by atoms with Crippen molar-refractivity contribution in [2.45, 2.75) is 12.8 Å². The minimum atomic E-state index is -4.72. The number of rotatable bonds is 4. The number of alkyl halides is 3. The molecule has 6 nitrogen and oxygen atoms in total. The highest BCUT2D eigenvalue weighted by Crippen LogP contribution is 2.30. The van der Waals surface area contributed by atoms with E-state index in [9.17, 15) is 13.2 Å². The largest absolute Gasteiger partial charge is 0.451 e. The standard InChI is InChI=1S/C12H11F3N4O2/c13-12(14,15)11-17-9(19-16)5-10(18-11)21-8-3-1-7(6-20)2-4-8/h1-5,20H,6,16H2,(H,17,18,19). The molecular formula is C12H11F3N4O2. The minimum absolute atomic E-state index is 0.146. The predicted octanol–water partition coefficient (Wildman–Crippen LogP) is 2.07. The van der Waals surface area contributed by atoms with E-state index in [4.69, 9.17) is 15.7 Å². The van der Waals surface area contributed by atoms with Gasteiger partial charge in [-0.1, -0.05) is 12.1 Å². The Bertz CT molecular complexity index is 617. The number of nitrogens with one attached hydrogen (secondary N) is 1. The summed E-state index contributed by atoms with van der Waals surface area (Å²) < 4.78 is 43.2. The zero-order valence-corrected chi connectivity index (χ0v) is 10.6. The molecule has 0 aliphatic heterocycles. The molecule has 0 aliphatic rings. The summed E-state index contributed by atoms with van der Waals surface area (Å²) in [4.78, 5) is 6.49. The lowest BCUT2D eigenvalue weighted by atomic mass is 10.2. The Kier molecular flexibility index (Phi) is 4.24. The highest BCUT2D eigenvalue weighted by Gasteiger charge is 2.35. The van der Waals surface area contributed by atoms with Gasteiger partial charge in [-0.25, -0.2) is 10.8 Å². The maximum Gasteiger partial charge on any atom is 0.451 e. The topological polar surface area (TPSA) is 93.3 Å². The molecule has 21 heavy (non-hydrogen) atoms. The third-order valence-corrected chi connectivity index (χ3v) is 2.43. The van der Waals surface area contributed by atoms with Crippen molar-refractivity contribution in [2.24, 2.45) is 5.84 Å². The summed E-state index contributed by atoms with van der Waals surface area (Å²) in [5, 5.41) is 8.90. The lowest BCUT2D eigenvalue weighted by Crippen LogP contribution is -2.16. The van der Waals surface area contributed by atoms with Crippen LogP contribution in [0, 0.1) is 0 Å². The molecule has 0 fully saturated rings. The van der Waals surface area contributed by atoms with E-state index in [1.54, 1.807) is 12.1 Å². The van der Waals surface area contributed by atoms with Crippen molar-refractivity contribution < 1.29 is 23.0 Å². The number of hydrogen-bond acceptors (Lipinski definition) is 6. The molecule has 0 atom stereocenters. The Labute approximate surface area is 117 Å². The minimum Gasteiger partial charge on any atom is -0.439 e. The molecule has 0 unspecified atom stereocenters. The fraction of sp³-hybridized carbons (Fsp3) is 0.167. The zero-order valence-electron chi connectivity index (χ0n) is 10.6. The van der Waals surface area contributed by atoms with E-state index in [0.29, 0.717) is 5.56 Å². The molecule has 2 rings (SSSR count). The second-order valence-corrected chi connectivity index (χ2v) is 3.96. The number of nitrogen functional groups attached to an aromatic ring is 1. The van der Waals surface area contributed by atoms with Crippen LogP contribution in [0.15, 0.2) is 30.3 Å². The molecule has 2 aromatic rings. The van der Waals surface area contributed by atoms with Crippen LogP contribution in [0.2, 0.25) is 0 Å². The highest BCUT2D eigenvalue weighted by atomic mass is 19.4. The Balaban J connectivity index is 2.29. The molecule has 0 bridgehead atoms. The molecule has 4 N–H and O–H groups in total. The van der Waals surface area contributed by atoms with Gasteiger partial charge in [0, 0.05) is 6.07 Å². The van der Waals surface area contributed by atoms with E-state index < -0.39 is 12.0 Å². The van der Waals surface area contributed by atoms with Gasteiger partial charge in [-0.2, -0.15) is 18.2 Å². The molecule has 0 amide bonds. The SMILES string of the molecule is NNc1cc(Oc2ccc(CO)cc2)nc(C(F)(F)F)n1. The van der Waals surface area contributed by atoms with Gasteiger partial charge >= 0.3 is 6.18 Å². The zero-order chi connectivity index (χ0) is 15.5. The summed E-state index contributed by atoms with van der Waals surface area (Å²) in [6.45, 7) is -0.146. The number of ether oxygens (including phenoxy) is 1. The molecule has 112 valence electrons. The lowest BCUT2D eigenvalue weighted by Gasteiger charge is -2.10. The van der Waals surface area contributed by atoms with Crippen LogP contribution in [0.5, 0.6) is 11.6 Å². The number of hydrogen-bond donors (Lipinski definition) is 3. The van der Waals surface area contributed by atoms with Gasteiger partial charge in [0.1, 0.15) is 11.6 Å². The number of halogens is 3. The number of nitrogens with zero attached hydrogens (tertiary/aromatic N) is 2. The van der Waals surface area contributed by atoms with Crippen molar-refractivity contribution in [3.8, 4) is 11.6 Å². The quantitative estimate of drug-likeness (QED) is 0.591. The molecule has 1 heterocycles. The first-order valence-electron chi connectivity index (χ1n) is 5.73. The van der Waals surface area contributed by atoms with Gasteiger partial charge in [-0.15, -0.1) is 0 Å². The molecule has 0 spiro atoms. The first-order valence-corrected chi connectivity index (χ1v) is 5.73. The van der Waals surface area contributed by atoms with Gasteiger partial charge in [0.2, 0.25) is 11.7 Å². The lowest BCUT2D eigenvalue weighted by molar-refractivity contribution is -0.145. The number of hydrazine groups is 1. The number of benzene rings is 1. The van der Waals surface area contributed by atoms with Crippen molar-refractivity contribution in [1.29, 1.82) is 0 Å². The monoisotopic (exact) mass is 300 g/mol. The van der Waals surface area contributed by atoms with Crippen LogP contribution in [0.3, 0.4) is 0 Å². The van der Waals surface area contributed by atoms with Crippen molar-refractivity contribution >= 4 is 5.82 Å². The van der Waals surface area contributed by atoms with Crippen molar-refractivity contribution in [3.05, 3.63) is 41.7 Å². The first-order chi connectivity index (χ1) is 9.92. The van der Waals surface area contributed by atoms with Crippen LogP contribution in [0.1, 0.15) is 11.4 Å². The normalized spacial score (nSPS) is 11.3. The van der Waals surface area contributed by atoms with E-state index in [1.165, 1.54) is 12.1 Å². The molecule has 1 aromatic carbocycles.